The topological polar surface area (TPSA) is 57.6 Å². The number of nitrogens with one attached hydrogen (secondary N) is 1. The van der Waals surface area contributed by atoms with Crippen LogP contribution >= 0.6 is 0 Å². The molecule has 2 aliphatic rings. The minimum atomic E-state index is -0.523. The fourth-order valence-corrected chi connectivity index (χ4v) is 4.66. The van der Waals surface area contributed by atoms with Gasteiger partial charge in [-0.15, -0.1) is 0 Å². The molecule has 0 saturated carbocycles. The average Bonchev–Trinajstić information content (AvgIpc) is 3.40. The van der Waals surface area contributed by atoms with Crippen molar-refractivity contribution in [1.29, 1.82) is 0 Å². The summed E-state index contributed by atoms with van der Waals surface area (Å²) < 4.78 is 16.8. The first-order valence-electron chi connectivity index (χ1n) is 10.8. The number of hydrogen-bond donors (Lipinski definition) is 1. The molecule has 1 N–H and O–H groups in total. The van der Waals surface area contributed by atoms with Crippen molar-refractivity contribution in [3.05, 3.63) is 89.5 Å². The number of rotatable bonds is 3. The summed E-state index contributed by atoms with van der Waals surface area (Å²) in [5.41, 5.74) is 3.29. The average molecular weight is 432 g/mol. The highest BCUT2D eigenvalue weighted by Gasteiger charge is 2.37. The largest absolute Gasteiger partial charge is 0.348 e. The SMILES string of the molecule is Cc1ccc(N2C[C@H](NC(=O)N3CCn4cccc4[C@H]3c3ccccc3F)CC2=O)cc1. The third-order valence-corrected chi connectivity index (χ3v) is 6.30. The molecule has 3 aromatic rings. The van der Waals surface area contributed by atoms with Gasteiger partial charge in [0.2, 0.25) is 5.91 Å². The molecule has 0 unspecified atom stereocenters. The maximum absolute atomic E-state index is 14.7. The summed E-state index contributed by atoms with van der Waals surface area (Å²) in [5.74, 6) is -0.358. The number of carbonyl (C=O) groups excluding carboxylic acids is 2. The lowest BCUT2D eigenvalue weighted by Gasteiger charge is -2.38. The quantitative estimate of drug-likeness (QED) is 0.683. The van der Waals surface area contributed by atoms with E-state index in [-0.39, 0.29) is 30.2 Å². The number of carbonyl (C=O) groups is 2. The van der Waals surface area contributed by atoms with Crippen LogP contribution in [0.25, 0.3) is 0 Å². The lowest BCUT2D eigenvalue weighted by atomic mass is 9.99. The smallest absolute Gasteiger partial charge is 0.318 e. The first kappa shape index (κ1) is 20.3. The summed E-state index contributed by atoms with van der Waals surface area (Å²) in [4.78, 5) is 29.3. The van der Waals surface area contributed by atoms with Gasteiger partial charge < -0.3 is 19.7 Å². The highest BCUT2D eigenvalue weighted by molar-refractivity contribution is 5.96. The zero-order valence-corrected chi connectivity index (χ0v) is 17.9. The Hall–Kier alpha value is -3.61. The Bertz CT molecular complexity index is 1160. The van der Waals surface area contributed by atoms with E-state index in [0.717, 1.165) is 16.9 Å². The first-order chi connectivity index (χ1) is 15.5. The van der Waals surface area contributed by atoms with E-state index in [9.17, 15) is 14.0 Å². The van der Waals surface area contributed by atoms with Crippen molar-refractivity contribution in [2.75, 3.05) is 18.0 Å². The van der Waals surface area contributed by atoms with Crippen molar-refractivity contribution >= 4 is 17.6 Å². The monoisotopic (exact) mass is 432 g/mol. The van der Waals surface area contributed by atoms with E-state index in [2.05, 4.69) is 9.88 Å². The van der Waals surface area contributed by atoms with Gasteiger partial charge in [-0.2, -0.15) is 0 Å². The molecule has 1 aromatic heterocycles. The van der Waals surface area contributed by atoms with Crippen LogP contribution in [0.1, 0.15) is 29.3 Å². The Morgan fingerprint density at radius 2 is 1.81 bits per heavy atom. The van der Waals surface area contributed by atoms with Crippen molar-refractivity contribution in [3.8, 4) is 0 Å². The molecule has 0 spiro atoms. The van der Waals surface area contributed by atoms with E-state index in [4.69, 9.17) is 0 Å². The predicted octanol–water partition coefficient (Wildman–Crippen LogP) is 3.86. The summed E-state index contributed by atoms with van der Waals surface area (Å²) in [5, 5.41) is 3.03. The number of aryl methyl sites for hydroxylation is 1. The summed E-state index contributed by atoms with van der Waals surface area (Å²) in [7, 11) is 0. The molecule has 0 radical (unpaired) electrons. The molecule has 1 fully saturated rings. The van der Waals surface area contributed by atoms with E-state index in [1.165, 1.54) is 6.07 Å². The van der Waals surface area contributed by atoms with Gasteiger partial charge in [-0.1, -0.05) is 35.9 Å². The third kappa shape index (κ3) is 3.64. The van der Waals surface area contributed by atoms with Crippen molar-refractivity contribution in [3.63, 3.8) is 0 Å². The number of hydrogen-bond acceptors (Lipinski definition) is 2. The molecule has 32 heavy (non-hydrogen) atoms. The summed E-state index contributed by atoms with van der Waals surface area (Å²) >= 11 is 0. The van der Waals surface area contributed by atoms with E-state index in [1.54, 1.807) is 28.0 Å². The van der Waals surface area contributed by atoms with Gasteiger partial charge >= 0.3 is 6.03 Å². The summed E-state index contributed by atoms with van der Waals surface area (Å²) in [6.07, 6.45) is 2.20. The lowest BCUT2D eigenvalue weighted by Crippen LogP contribution is -2.50. The number of halogens is 1. The maximum Gasteiger partial charge on any atom is 0.318 e. The van der Waals surface area contributed by atoms with Crippen LogP contribution in [0.3, 0.4) is 0 Å². The lowest BCUT2D eigenvalue weighted by molar-refractivity contribution is -0.117. The standard InChI is InChI=1S/C25H25FN4O2/c1-17-8-10-19(11-9-17)30-16-18(15-23(30)31)27-25(32)29-14-13-28-12-4-7-22(28)24(29)20-5-2-3-6-21(20)26/h2-12,18,24H,13-16H2,1H3,(H,27,32)/t18-,24-/m1/s1. The molecule has 6 nitrogen and oxygen atoms in total. The van der Waals surface area contributed by atoms with Gasteiger partial charge in [0.05, 0.1) is 6.04 Å². The fourth-order valence-electron chi connectivity index (χ4n) is 4.66. The first-order valence-corrected chi connectivity index (χ1v) is 10.8. The molecule has 0 aliphatic carbocycles. The van der Waals surface area contributed by atoms with Crippen LogP contribution in [0.4, 0.5) is 14.9 Å². The van der Waals surface area contributed by atoms with Crippen LogP contribution in [0, 0.1) is 12.7 Å². The minimum absolute atomic E-state index is 0.0164. The number of nitrogens with zero attached hydrogens (tertiary/aromatic N) is 3. The van der Waals surface area contributed by atoms with Gasteiger partial charge in [-0.25, -0.2) is 9.18 Å². The Labute approximate surface area is 186 Å². The van der Waals surface area contributed by atoms with Crippen LogP contribution in [-0.2, 0) is 11.3 Å². The third-order valence-electron chi connectivity index (χ3n) is 6.30. The van der Waals surface area contributed by atoms with E-state index < -0.39 is 6.04 Å². The molecule has 5 rings (SSSR count). The van der Waals surface area contributed by atoms with Crippen LogP contribution in [0.5, 0.6) is 0 Å². The van der Waals surface area contributed by atoms with Gasteiger partial charge in [0.25, 0.3) is 0 Å². The van der Waals surface area contributed by atoms with Crippen LogP contribution in [-0.4, -0.2) is 40.5 Å². The molecule has 2 atom stereocenters. The van der Waals surface area contributed by atoms with Gasteiger partial charge in [-0.05, 0) is 37.3 Å². The highest BCUT2D eigenvalue weighted by Crippen LogP contribution is 2.34. The van der Waals surface area contributed by atoms with Crippen molar-refractivity contribution in [1.82, 2.24) is 14.8 Å². The Balaban J connectivity index is 1.36. The number of amides is 3. The number of aromatic nitrogens is 1. The molecule has 3 heterocycles. The predicted molar refractivity (Wildman–Crippen MR) is 120 cm³/mol. The van der Waals surface area contributed by atoms with Crippen LogP contribution in [0.2, 0.25) is 0 Å². The van der Waals surface area contributed by atoms with Gasteiger partial charge in [-0.3, -0.25) is 4.79 Å². The molecular weight excluding hydrogens is 407 g/mol. The zero-order valence-electron chi connectivity index (χ0n) is 17.9. The maximum atomic E-state index is 14.7. The summed E-state index contributed by atoms with van der Waals surface area (Å²) in [6.45, 7) is 3.51. The Morgan fingerprint density at radius 1 is 1.03 bits per heavy atom. The molecule has 7 heteroatoms. The number of urea groups is 1. The molecule has 1 saturated heterocycles. The summed E-state index contributed by atoms with van der Waals surface area (Å²) in [6, 6.07) is 17.1. The molecule has 2 aliphatic heterocycles. The fraction of sp³-hybridized carbons (Fsp3) is 0.280. The van der Waals surface area contributed by atoms with Crippen molar-refractivity contribution in [2.24, 2.45) is 0 Å². The second kappa shape index (κ2) is 8.15. The normalized spacial score (nSPS) is 20.4. The van der Waals surface area contributed by atoms with Gasteiger partial charge in [0.1, 0.15) is 11.9 Å². The number of fused-ring (bicyclic) bond motifs is 1. The van der Waals surface area contributed by atoms with Crippen LogP contribution in [0.15, 0.2) is 66.9 Å². The van der Waals surface area contributed by atoms with Crippen molar-refractivity contribution < 1.29 is 14.0 Å². The molecule has 0 bridgehead atoms. The number of benzene rings is 2. The van der Waals surface area contributed by atoms with Gasteiger partial charge in [0, 0.05) is 49.2 Å². The highest BCUT2D eigenvalue weighted by atomic mass is 19.1. The Kier molecular flexibility index (Phi) is 5.17. The van der Waals surface area contributed by atoms with E-state index >= 15 is 0 Å². The second-order valence-electron chi connectivity index (χ2n) is 8.43. The molecular formula is C25H25FN4O2. The zero-order chi connectivity index (χ0) is 22.2. The Morgan fingerprint density at radius 3 is 2.59 bits per heavy atom. The minimum Gasteiger partial charge on any atom is -0.348 e. The van der Waals surface area contributed by atoms with Crippen LogP contribution < -0.4 is 10.2 Å². The van der Waals surface area contributed by atoms with E-state index in [0.29, 0.717) is 25.2 Å². The molecule has 2 aromatic carbocycles. The number of anilines is 1. The van der Waals surface area contributed by atoms with E-state index in [1.807, 2.05) is 49.5 Å². The van der Waals surface area contributed by atoms with Gasteiger partial charge in [0.15, 0.2) is 0 Å². The molecule has 3 amide bonds. The van der Waals surface area contributed by atoms with Crippen molar-refractivity contribution in [2.45, 2.75) is 32.0 Å². The molecule has 164 valence electrons. The second-order valence-corrected chi connectivity index (χ2v) is 8.43.